The Hall–Kier alpha value is -2.80. The van der Waals surface area contributed by atoms with Crippen LogP contribution in [-0.4, -0.2) is 23.6 Å². The number of carbonyl (C=O) groups is 2. The van der Waals surface area contributed by atoms with Crippen LogP contribution in [0, 0.1) is 5.82 Å². The van der Waals surface area contributed by atoms with Crippen LogP contribution in [0.3, 0.4) is 0 Å². The third-order valence-electron chi connectivity index (χ3n) is 3.39. The van der Waals surface area contributed by atoms with Gasteiger partial charge in [-0.25, -0.2) is 4.39 Å². The molecule has 26 heavy (non-hydrogen) atoms. The predicted molar refractivity (Wildman–Crippen MR) is 101 cm³/mol. The number of amides is 1. The van der Waals surface area contributed by atoms with Gasteiger partial charge in [-0.3, -0.25) is 9.59 Å². The van der Waals surface area contributed by atoms with Gasteiger partial charge in [0.05, 0.1) is 13.0 Å². The Morgan fingerprint density at radius 1 is 1.04 bits per heavy atom. The van der Waals surface area contributed by atoms with Crippen LogP contribution in [0.4, 0.5) is 10.1 Å². The van der Waals surface area contributed by atoms with Crippen molar-refractivity contribution in [1.82, 2.24) is 5.32 Å². The van der Waals surface area contributed by atoms with Crippen molar-refractivity contribution in [2.45, 2.75) is 19.3 Å². The average molecular weight is 374 g/mol. The number of anilines is 1. The van der Waals surface area contributed by atoms with E-state index in [9.17, 15) is 14.0 Å². The van der Waals surface area contributed by atoms with Gasteiger partial charge in [-0.1, -0.05) is 36.4 Å². The highest BCUT2D eigenvalue weighted by atomic mass is 32.1. The Morgan fingerprint density at radius 3 is 2.54 bits per heavy atom. The van der Waals surface area contributed by atoms with Crippen LogP contribution in [0.2, 0.25) is 0 Å². The lowest BCUT2D eigenvalue weighted by Crippen LogP contribution is -2.34. The number of halogens is 1. The van der Waals surface area contributed by atoms with Crippen LogP contribution >= 0.6 is 12.2 Å². The molecule has 0 aliphatic heterocycles. The molecule has 0 aliphatic carbocycles. The van der Waals surface area contributed by atoms with Gasteiger partial charge >= 0.3 is 5.97 Å². The summed E-state index contributed by atoms with van der Waals surface area (Å²) in [5.41, 5.74) is 1.50. The smallest absolute Gasteiger partial charge is 0.306 e. The van der Waals surface area contributed by atoms with Gasteiger partial charge in [0, 0.05) is 18.5 Å². The SMILES string of the molecule is O=C(CCC(=O)OCCc1ccccc1)NC(=S)Nc1cccc(F)c1. The molecule has 0 bridgehead atoms. The molecule has 136 valence electrons. The molecule has 2 aromatic rings. The van der Waals surface area contributed by atoms with Crippen molar-refractivity contribution >= 4 is 34.9 Å². The lowest BCUT2D eigenvalue weighted by Gasteiger charge is -2.09. The molecule has 0 spiro atoms. The van der Waals surface area contributed by atoms with Gasteiger partial charge in [0.25, 0.3) is 0 Å². The fourth-order valence-electron chi connectivity index (χ4n) is 2.13. The van der Waals surface area contributed by atoms with Gasteiger partial charge in [-0.15, -0.1) is 0 Å². The molecule has 0 radical (unpaired) electrons. The number of esters is 1. The van der Waals surface area contributed by atoms with E-state index in [1.54, 1.807) is 6.07 Å². The molecule has 0 saturated heterocycles. The van der Waals surface area contributed by atoms with Crippen molar-refractivity contribution in [2.24, 2.45) is 0 Å². The van der Waals surface area contributed by atoms with Crippen LogP contribution < -0.4 is 10.6 Å². The molecular weight excluding hydrogens is 355 g/mol. The van der Waals surface area contributed by atoms with Crippen molar-refractivity contribution in [3.05, 3.63) is 66.0 Å². The summed E-state index contributed by atoms with van der Waals surface area (Å²) in [6, 6.07) is 15.4. The summed E-state index contributed by atoms with van der Waals surface area (Å²) in [5, 5.41) is 5.17. The number of thiocarbonyl (C=S) groups is 1. The summed E-state index contributed by atoms with van der Waals surface area (Å²) < 4.78 is 18.2. The van der Waals surface area contributed by atoms with E-state index in [1.807, 2.05) is 30.3 Å². The number of rotatable bonds is 7. The molecule has 2 N–H and O–H groups in total. The fraction of sp³-hybridized carbons (Fsp3) is 0.211. The summed E-state index contributed by atoms with van der Waals surface area (Å²) in [5.74, 6) is -1.28. The van der Waals surface area contributed by atoms with Gasteiger partial charge < -0.3 is 15.4 Å². The minimum Gasteiger partial charge on any atom is -0.465 e. The summed E-state index contributed by atoms with van der Waals surface area (Å²) in [6.07, 6.45) is 0.540. The van der Waals surface area contributed by atoms with Crippen LogP contribution in [-0.2, 0) is 20.7 Å². The zero-order valence-corrected chi connectivity index (χ0v) is 14.9. The molecule has 2 aromatic carbocycles. The monoisotopic (exact) mass is 374 g/mol. The van der Waals surface area contributed by atoms with E-state index in [0.717, 1.165) is 5.56 Å². The lowest BCUT2D eigenvalue weighted by atomic mass is 10.2. The largest absolute Gasteiger partial charge is 0.465 e. The number of hydrogen-bond donors (Lipinski definition) is 2. The lowest BCUT2D eigenvalue weighted by molar-refractivity contribution is -0.144. The van der Waals surface area contributed by atoms with E-state index >= 15 is 0 Å². The highest BCUT2D eigenvalue weighted by Crippen LogP contribution is 2.08. The molecule has 0 saturated carbocycles. The molecule has 1 amide bonds. The van der Waals surface area contributed by atoms with Gasteiger partial charge in [-0.05, 0) is 36.0 Å². The maximum atomic E-state index is 13.1. The zero-order chi connectivity index (χ0) is 18.8. The molecular formula is C19H19FN2O3S. The van der Waals surface area contributed by atoms with Crippen molar-refractivity contribution < 1.29 is 18.7 Å². The standard InChI is InChI=1S/C19H19FN2O3S/c20-15-7-4-8-16(13-15)21-19(26)22-17(23)9-10-18(24)25-12-11-14-5-2-1-3-6-14/h1-8,13H,9-12H2,(H2,21,22,23,26). The Morgan fingerprint density at radius 2 is 1.81 bits per heavy atom. The molecule has 0 heterocycles. The van der Waals surface area contributed by atoms with E-state index in [-0.39, 0.29) is 24.6 Å². The van der Waals surface area contributed by atoms with Crippen molar-refractivity contribution in [3.63, 3.8) is 0 Å². The molecule has 0 atom stereocenters. The van der Waals surface area contributed by atoms with Gasteiger partial charge in [-0.2, -0.15) is 0 Å². The molecule has 5 nitrogen and oxygen atoms in total. The molecule has 7 heteroatoms. The Bertz CT molecular complexity index is 768. The third kappa shape index (κ3) is 7.40. The molecule has 0 unspecified atom stereocenters. The minimum atomic E-state index is -0.444. The Labute approximate surface area is 156 Å². The number of carbonyl (C=O) groups excluding carboxylic acids is 2. The molecule has 0 fully saturated rings. The molecule has 0 aliphatic rings. The van der Waals surface area contributed by atoms with Crippen molar-refractivity contribution in [3.8, 4) is 0 Å². The summed E-state index contributed by atoms with van der Waals surface area (Å²) in [6.45, 7) is 0.268. The fourth-order valence-corrected chi connectivity index (χ4v) is 2.36. The Kier molecular flexibility index (Phi) is 7.70. The first kappa shape index (κ1) is 19.5. The van der Waals surface area contributed by atoms with Gasteiger partial charge in [0.15, 0.2) is 5.11 Å². The number of benzene rings is 2. The van der Waals surface area contributed by atoms with E-state index in [4.69, 9.17) is 17.0 Å². The number of nitrogens with one attached hydrogen (secondary N) is 2. The van der Waals surface area contributed by atoms with Crippen LogP contribution in [0.1, 0.15) is 18.4 Å². The highest BCUT2D eigenvalue weighted by molar-refractivity contribution is 7.80. The average Bonchev–Trinajstić information content (AvgIpc) is 2.61. The first-order valence-corrected chi connectivity index (χ1v) is 8.50. The second-order valence-corrected chi connectivity index (χ2v) is 5.88. The number of ether oxygens (including phenoxy) is 1. The third-order valence-corrected chi connectivity index (χ3v) is 3.59. The molecule has 0 aromatic heterocycles. The molecule has 2 rings (SSSR count). The summed E-state index contributed by atoms with van der Waals surface area (Å²) in [7, 11) is 0. The zero-order valence-electron chi connectivity index (χ0n) is 14.0. The first-order valence-electron chi connectivity index (χ1n) is 8.09. The maximum Gasteiger partial charge on any atom is 0.306 e. The quantitative estimate of drug-likeness (QED) is 0.575. The second kappa shape index (κ2) is 10.2. The predicted octanol–water partition coefficient (Wildman–Crippen LogP) is 3.20. The second-order valence-electron chi connectivity index (χ2n) is 5.47. The Balaban J connectivity index is 1.63. The van der Waals surface area contributed by atoms with Crippen LogP contribution in [0.5, 0.6) is 0 Å². The topological polar surface area (TPSA) is 67.4 Å². The minimum absolute atomic E-state index is 0.0385. The maximum absolute atomic E-state index is 13.1. The van der Waals surface area contributed by atoms with Crippen molar-refractivity contribution in [2.75, 3.05) is 11.9 Å². The van der Waals surface area contributed by atoms with Gasteiger partial charge in [0.2, 0.25) is 5.91 Å². The van der Waals surface area contributed by atoms with Gasteiger partial charge in [0.1, 0.15) is 5.82 Å². The van der Waals surface area contributed by atoms with E-state index < -0.39 is 17.7 Å². The van der Waals surface area contributed by atoms with Crippen LogP contribution in [0.25, 0.3) is 0 Å². The summed E-state index contributed by atoms with van der Waals surface area (Å²) in [4.78, 5) is 23.4. The van der Waals surface area contributed by atoms with E-state index in [1.165, 1.54) is 18.2 Å². The van der Waals surface area contributed by atoms with Crippen molar-refractivity contribution in [1.29, 1.82) is 0 Å². The highest BCUT2D eigenvalue weighted by Gasteiger charge is 2.10. The van der Waals surface area contributed by atoms with E-state index in [2.05, 4.69) is 10.6 Å². The number of hydrogen-bond acceptors (Lipinski definition) is 4. The van der Waals surface area contributed by atoms with E-state index in [0.29, 0.717) is 12.1 Å². The first-order chi connectivity index (χ1) is 12.5. The van der Waals surface area contributed by atoms with Crippen LogP contribution in [0.15, 0.2) is 54.6 Å². The normalized spacial score (nSPS) is 10.0. The summed E-state index contributed by atoms with van der Waals surface area (Å²) >= 11 is 4.98.